The highest BCUT2D eigenvalue weighted by molar-refractivity contribution is 7.89. The van der Waals surface area contributed by atoms with Crippen LogP contribution in [0.1, 0.15) is 18.1 Å². The van der Waals surface area contributed by atoms with Crippen LogP contribution in [0, 0.1) is 6.92 Å². The summed E-state index contributed by atoms with van der Waals surface area (Å²) in [5.41, 5.74) is 2.42. The van der Waals surface area contributed by atoms with E-state index < -0.39 is 10.0 Å². The summed E-state index contributed by atoms with van der Waals surface area (Å²) in [5.74, 6) is 0.230. The molecule has 0 fully saturated rings. The number of sulfonamides is 1. The largest absolute Gasteiger partial charge is 0.482 e. The molecule has 1 amide bonds. The van der Waals surface area contributed by atoms with Gasteiger partial charge >= 0.3 is 0 Å². The first kappa shape index (κ1) is 18.7. The van der Waals surface area contributed by atoms with Crippen LogP contribution in [0.3, 0.4) is 0 Å². The molecule has 2 N–H and O–H groups in total. The number of anilines is 1. The first-order valence-corrected chi connectivity index (χ1v) is 9.96. The molecule has 6 nitrogen and oxygen atoms in total. The van der Waals surface area contributed by atoms with E-state index in [1.165, 1.54) is 12.1 Å². The number of hydrogen-bond acceptors (Lipinski definition) is 4. The molecule has 0 aromatic heterocycles. The van der Waals surface area contributed by atoms with Gasteiger partial charge in [-0.3, -0.25) is 4.79 Å². The Labute approximate surface area is 157 Å². The minimum atomic E-state index is -3.78. The molecule has 1 aliphatic rings. The van der Waals surface area contributed by atoms with E-state index in [0.29, 0.717) is 22.9 Å². The van der Waals surface area contributed by atoms with Crippen molar-refractivity contribution in [1.29, 1.82) is 0 Å². The van der Waals surface area contributed by atoms with Gasteiger partial charge in [-0.1, -0.05) is 17.7 Å². The zero-order valence-electron chi connectivity index (χ0n) is 14.4. The SMILES string of the molecule is Cc1ccc(Cl)c(OCC(=O)N2c3ccc(S(N)(=O)=O)cc3CC2C)c1. The normalized spacial score (nSPS) is 16.5. The predicted molar refractivity (Wildman–Crippen MR) is 100 cm³/mol. The van der Waals surface area contributed by atoms with Crippen LogP contribution in [0.25, 0.3) is 0 Å². The smallest absolute Gasteiger partial charge is 0.265 e. The number of fused-ring (bicyclic) bond motifs is 1. The van der Waals surface area contributed by atoms with Crippen molar-refractivity contribution in [3.8, 4) is 5.75 Å². The number of primary sulfonamides is 1. The van der Waals surface area contributed by atoms with Crippen LogP contribution in [0.5, 0.6) is 5.75 Å². The fourth-order valence-electron chi connectivity index (χ4n) is 3.09. The second kappa shape index (κ2) is 6.90. The molecule has 0 spiro atoms. The molecule has 1 aliphatic heterocycles. The number of rotatable bonds is 4. The lowest BCUT2D eigenvalue weighted by atomic mass is 10.1. The Balaban J connectivity index is 1.80. The monoisotopic (exact) mass is 394 g/mol. The Morgan fingerprint density at radius 3 is 2.73 bits per heavy atom. The number of benzene rings is 2. The quantitative estimate of drug-likeness (QED) is 0.863. The first-order chi connectivity index (χ1) is 12.2. The topological polar surface area (TPSA) is 89.7 Å². The van der Waals surface area contributed by atoms with E-state index in [0.717, 1.165) is 11.1 Å². The van der Waals surface area contributed by atoms with E-state index in [4.69, 9.17) is 21.5 Å². The summed E-state index contributed by atoms with van der Waals surface area (Å²) >= 11 is 6.09. The van der Waals surface area contributed by atoms with E-state index in [1.807, 2.05) is 19.9 Å². The zero-order valence-corrected chi connectivity index (χ0v) is 16.0. The number of halogens is 1. The molecule has 26 heavy (non-hydrogen) atoms. The number of nitrogens with two attached hydrogens (primary N) is 1. The van der Waals surface area contributed by atoms with Gasteiger partial charge in [0.25, 0.3) is 5.91 Å². The second-order valence-corrected chi connectivity index (χ2v) is 8.34. The lowest BCUT2D eigenvalue weighted by Gasteiger charge is -2.23. The van der Waals surface area contributed by atoms with Gasteiger partial charge in [-0.15, -0.1) is 0 Å². The molecule has 0 aliphatic carbocycles. The average Bonchev–Trinajstić information content (AvgIpc) is 2.89. The molecule has 2 aromatic rings. The molecule has 0 bridgehead atoms. The number of nitrogens with zero attached hydrogens (tertiary/aromatic N) is 1. The van der Waals surface area contributed by atoms with Crippen molar-refractivity contribution in [2.75, 3.05) is 11.5 Å². The Hall–Kier alpha value is -2.09. The van der Waals surface area contributed by atoms with Crippen LogP contribution in [0.4, 0.5) is 5.69 Å². The van der Waals surface area contributed by atoms with Crippen molar-refractivity contribution in [3.05, 3.63) is 52.5 Å². The summed E-state index contributed by atoms with van der Waals surface area (Å²) in [7, 11) is -3.78. The van der Waals surface area contributed by atoms with Crippen molar-refractivity contribution >= 4 is 33.2 Å². The summed E-state index contributed by atoms with van der Waals surface area (Å²) in [6, 6.07) is 9.78. The third-order valence-electron chi connectivity index (χ3n) is 4.30. The molecule has 8 heteroatoms. The van der Waals surface area contributed by atoms with E-state index in [-0.39, 0.29) is 23.5 Å². The average molecular weight is 395 g/mol. The van der Waals surface area contributed by atoms with Crippen molar-refractivity contribution in [3.63, 3.8) is 0 Å². The second-order valence-electron chi connectivity index (χ2n) is 6.37. The highest BCUT2D eigenvalue weighted by Gasteiger charge is 2.32. The van der Waals surface area contributed by atoms with Gasteiger partial charge in [-0.2, -0.15) is 0 Å². The summed E-state index contributed by atoms with van der Waals surface area (Å²) in [4.78, 5) is 14.3. The number of carbonyl (C=O) groups excluding carboxylic acids is 1. The third kappa shape index (κ3) is 3.70. The lowest BCUT2D eigenvalue weighted by molar-refractivity contribution is -0.120. The fraction of sp³-hybridized carbons (Fsp3) is 0.278. The molecular weight excluding hydrogens is 376 g/mol. The standard InChI is InChI=1S/C18H19ClN2O4S/c1-11-3-5-15(19)17(7-11)25-10-18(22)21-12(2)8-13-9-14(26(20,23)24)4-6-16(13)21/h3-7,9,12H,8,10H2,1-2H3,(H2,20,23,24). The Morgan fingerprint density at radius 1 is 1.31 bits per heavy atom. The zero-order chi connectivity index (χ0) is 19.1. The van der Waals surface area contributed by atoms with Crippen molar-refractivity contribution in [1.82, 2.24) is 0 Å². The highest BCUT2D eigenvalue weighted by atomic mass is 35.5. The van der Waals surface area contributed by atoms with Crippen LogP contribution in [0.2, 0.25) is 5.02 Å². The van der Waals surface area contributed by atoms with Crippen LogP contribution >= 0.6 is 11.6 Å². The molecule has 1 unspecified atom stereocenters. The molecule has 2 aromatic carbocycles. The molecule has 0 saturated carbocycles. The van der Waals surface area contributed by atoms with Gasteiger partial charge in [0.1, 0.15) is 5.75 Å². The third-order valence-corrected chi connectivity index (χ3v) is 5.52. The highest BCUT2D eigenvalue weighted by Crippen LogP contribution is 2.34. The number of hydrogen-bond donors (Lipinski definition) is 1. The van der Waals surface area contributed by atoms with Gasteiger partial charge in [-0.25, -0.2) is 13.6 Å². The van der Waals surface area contributed by atoms with E-state index in [2.05, 4.69) is 0 Å². The Kier molecular flexibility index (Phi) is 4.96. The van der Waals surface area contributed by atoms with Crippen LogP contribution < -0.4 is 14.8 Å². The van der Waals surface area contributed by atoms with Crippen LogP contribution in [-0.2, 0) is 21.2 Å². The molecule has 3 rings (SSSR count). The van der Waals surface area contributed by atoms with E-state index >= 15 is 0 Å². The Morgan fingerprint density at radius 2 is 2.04 bits per heavy atom. The maximum Gasteiger partial charge on any atom is 0.265 e. The van der Waals surface area contributed by atoms with E-state index in [9.17, 15) is 13.2 Å². The van der Waals surface area contributed by atoms with Gasteiger partial charge < -0.3 is 9.64 Å². The Bertz CT molecular complexity index is 975. The summed E-state index contributed by atoms with van der Waals surface area (Å²) in [6.45, 7) is 3.64. The first-order valence-electron chi connectivity index (χ1n) is 8.03. The number of amides is 1. The molecule has 0 saturated heterocycles. The molecule has 138 valence electrons. The van der Waals surface area contributed by atoms with Crippen molar-refractivity contribution < 1.29 is 17.9 Å². The summed E-state index contributed by atoms with van der Waals surface area (Å²) in [6.07, 6.45) is 0.551. The van der Waals surface area contributed by atoms with Gasteiger partial charge in [0.15, 0.2) is 6.61 Å². The van der Waals surface area contributed by atoms with Crippen LogP contribution in [0.15, 0.2) is 41.3 Å². The van der Waals surface area contributed by atoms with Crippen molar-refractivity contribution in [2.24, 2.45) is 5.14 Å². The lowest BCUT2D eigenvalue weighted by Crippen LogP contribution is -2.39. The molecule has 0 radical (unpaired) electrons. The van der Waals surface area contributed by atoms with Gasteiger partial charge in [0.2, 0.25) is 10.0 Å². The van der Waals surface area contributed by atoms with Gasteiger partial charge in [-0.05, 0) is 61.7 Å². The molecule has 1 atom stereocenters. The van der Waals surface area contributed by atoms with Gasteiger partial charge in [0.05, 0.1) is 9.92 Å². The summed E-state index contributed by atoms with van der Waals surface area (Å²) in [5, 5.41) is 5.62. The van der Waals surface area contributed by atoms with Gasteiger partial charge in [0, 0.05) is 11.7 Å². The van der Waals surface area contributed by atoms with Crippen LogP contribution in [-0.4, -0.2) is 27.0 Å². The maximum absolute atomic E-state index is 12.7. The number of carbonyl (C=O) groups is 1. The van der Waals surface area contributed by atoms with Crippen molar-refractivity contribution in [2.45, 2.75) is 31.2 Å². The number of aryl methyl sites for hydroxylation is 1. The fourth-order valence-corrected chi connectivity index (χ4v) is 3.83. The molecule has 1 heterocycles. The molecular formula is C18H19ClN2O4S. The maximum atomic E-state index is 12.7. The predicted octanol–water partition coefficient (Wildman–Crippen LogP) is 2.65. The summed E-state index contributed by atoms with van der Waals surface area (Å²) < 4.78 is 28.6. The minimum Gasteiger partial charge on any atom is -0.482 e. The van der Waals surface area contributed by atoms with E-state index in [1.54, 1.807) is 23.1 Å². The number of ether oxygens (including phenoxy) is 1. The minimum absolute atomic E-state index is 0.0422.